The number of nitrogens with one attached hydrogen (secondary N) is 1. The quantitative estimate of drug-likeness (QED) is 0.884. The average molecular weight is 248 g/mol. The van der Waals surface area contributed by atoms with Gasteiger partial charge in [0.15, 0.2) is 10.3 Å². The lowest BCUT2D eigenvalue weighted by Crippen LogP contribution is -2.18. The fourth-order valence-corrected chi connectivity index (χ4v) is 1.78. The summed E-state index contributed by atoms with van der Waals surface area (Å²) in [6.07, 6.45) is 1.07. The predicted octanol–water partition coefficient (Wildman–Crippen LogP) is 3.63. The van der Waals surface area contributed by atoms with Crippen molar-refractivity contribution in [2.24, 2.45) is 5.92 Å². The first-order valence-corrected chi connectivity index (χ1v) is 5.70. The molecule has 0 aromatic carbocycles. The Balaban J connectivity index is 2.67. The predicted molar refractivity (Wildman–Crippen MR) is 64.6 cm³/mol. The molecule has 0 radical (unpaired) electrons. The highest BCUT2D eigenvalue weighted by atomic mass is 35.5. The summed E-state index contributed by atoms with van der Waals surface area (Å²) in [6, 6.07) is 2.02. The molecule has 0 aliphatic rings. The van der Waals surface area contributed by atoms with E-state index in [9.17, 15) is 0 Å². The summed E-state index contributed by atoms with van der Waals surface area (Å²) in [5.41, 5.74) is 0.741. The van der Waals surface area contributed by atoms with Gasteiger partial charge in [-0.05, 0) is 19.3 Å². The minimum atomic E-state index is 0.336. The highest BCUT2D eigenvalue weighted by Gasteiger charge is 2.09. The van der Waals surface area contributed by atoms with Crippen molar-refractivity contribution in [3.63, 3.8) is 0 Å². The highest BCUT2D eigenvalue weighted by molar-refractivity contribution is 6.33. The van der Waals surface area contributed by atoms with Gasteiger partial charge in [0, 0.05) is 12.1 Å². The van der Waals surface area contributed by atoms with Gasteiger partial charge >= 0.3 is 0 Å². The van der Waals surface area contributed by atoms with Crippen molar-refractivity contribution in [2.45, 2.75) is 33.2 Å². The van der Waals surface area contributed by atoms with Crippen molar-refractivity contribution in [1.29, 1.82) is 0 Å². The Hall–Kier alpha value is -0.540. The molecule has 84 valence electrons. The Kier molecular flexibility index (Phi) is 4.61. The van der Waals surface area contributed by atoms with E-state index in [1.165, 1.54) is 0 Å². The van der Waals surface area contributed by atoms with Crippen LogP contribution in [-0.4, -0.2) is 16.2 Å². The molecule has 0 spiro atoms. The van der Waals surface area contributed by atoms with Gasteiger partial charge in [-0.3, -0.25) is 0 Å². The molecule has 1 aromatic heterocycles. The molecule has 1 rings (SSSR count). The topological polar surface area (TPSA) is 37.8 Å². The number of halogens is 2. The van der Waals surface area contributed by atoms with Gasteiger partial charge in [-0.15, -0.1) is 10.2 Å². The zero-order valence-corrected chi connectivity index (χ0v) is 10.6. The molecule has 0 amide bonds. The minimum Gasteiger partial charge on any atom is -0.380 e. The fraction of sp³-hybridized carbons (Fsp3) is 0.600. The molecule has 0 saturated heterocycles. The fourth-order valence-electron chi connectivity index (χ4n) is 1.49. The maximum Gasteiger partial charge on any atom is 0.174 e. The second kappa shape index (κ2) is 5.52. The third-order valence-electron chi connectivity index (χ3n) is 1.95. The summed E-state index contributed by atoms with van der Waals surface area (Å²) in [6.45, 7) is 6.46. The van der Waals surface area contributed by atoms with Crippen molar-refractivity contribution in [1.82, 2.24) is 10.2 Å². The third kappa shape index (κ3) is 4.22. The van der Waals surface area contributed by atoms with Gasteiger partial charge < -0.3 is 5.32 Å². The molecular weight excluding hydrogens is 233 g/mol. The van der Waals surface area contributed by atoms with Crippen LogP contribution in [0.5, 0.6) is 0 Å². The molecule has 1 unspecified atom stereocenters. The van der Waals surface area contributed by atoms with Crippen LogP contribution in [0.1, 0.15) is 27.2 Å². The molecule has 0 fully saturated rings. The normalized spacial score (nSPS) is 12.9. The smallest absolute Gasteiger partial charge is 0.174 e. The summed E-state index contributed by atoms with van der Waals surface area (Å²) in [4.78, 5) is 0. The standard InChI is InChI=1S/C10H15Cl2N3/c1-6(2)4-7(3)13-8-5-9(11)14-15-10(8)12/h5-7H,4H2,1-3H3,(H,13,14). The van der Waals surface area contributed by atoms with Crippen LogP contribution >= 0.6 is 23.2 Å². The van der Waals surface area contributed by atoms with E-state index in [0.29, 0.717) is 22.3 Å². The largest absolute Gasteiger partial charge is 0.380 e. The Morgan fingerprint density at radius 1 is 1.27 bits per heavy atom. The zero-order valence-electron chi connectivity index (χ0n) is 9.09. The Bertz CT molecular complexity index is 328. The van der Waals surface area contributed by atoms with Crippen LogP contribution < -0.4 is 5.32 Å². The van der Waals surface area contributed by atoms with Gasteiger partial charge in [0.05, 0.1) is 5.69 Å². The molecule has 1 heterocycles. The number of hydrogen-bond donors (Lipinski definition) is 1. The first kappa shape index (κ1) is 12.5. The Labute approximate surface area is 100 Å². The molecule has 0 aliphatic heterocycles. The molecule has 0 aliphatic carbocycles. The summed E-state index contributed by atoms with van der Waals surface area (Å²) in [7, 11) is 0. The minimum absolute atomic E-state index is 0.336. The second-order valence-corrected chi connectivity index (χ2v) is 4.79. The van der Waals surface area contributed by atoms with Crippen molar-refractivity contribution in [3.8, 4) is 0 Å². The van der Waals surface area contributed by atoms with Crippen LogP contribution in [0.2, 0.25) is 10.3 Å². The maximum absolute atomic E-state index is 5.88. The first-order chi connectivity index (χ1) is 6.99. The molecule has 0 saturated carbocycles. The van der Waals surface area contributed by atoms with Gasteiger partial charge in [-0.2, -0.15) is 0 Å². The maximum atomic E-state index is 5.88. The lowest BCUT2D eigenvalue weighted by atomic mass is 10.1. The van der Waals surface area contributed by atoms with Gasteiger partial charge in [0.2, 0.25) is 0 Å². The zero-order chi connectivity index (χ0) is 11.4. The Morgan fingerprint density at radius 2 is 1.93 bits per heavy atom. The second-order valence-electron chi connectivity index (χ2n) is 4.05. The van der Waals surface area contributed by atoms with E-state index < -0.39 is 0 Å². The average Bonchev–Trinajstić information content (AvgIpc) is 2.10. The van der Waals surface area contributed by atoms with Crippen LogP contribution in [0.25, 0.3) is 0 Å². The van der Waals surface area contributed by atoms with E-state index in [1.807, 2.05) is 0 Å². The van der Waals surface area contributed by atoms with Crippen LogP contribution in [0, 0.1) is 5.92 Å². The molecule has 0 bridgehead atoms. The number of rotatable bonds is 4. The van der Waals surface area contributed by atoms with Crippen molar-refractivity contribution in [3.05, 3.63) is 16.4 Å². The number of nitrogens with zero attached hydrogens (tertiary/aromatic N) is 2. The van der Waals surface area contributed by atoms with E-state index in [-0.39, 0.29) is 0 Å². The molecule has 1 aromatic rings. The molecule has 15 heavy (non-hydrogen) atoms. The summed E-state index contributed by atoms with van der Waals surface area (Å²) in [5, 5.41) is 11.3. The van der Waals surface area contributed by atoms with Crippen LogP contribution in [0.3, 0.4) is 0 Å². The van der Waals surface area contributed by atoms with Gasteiger partial charge in [-0.1, -0.05) is 37.0 Å². The number of hydrogen-bond acceptors (Lipinski definition) is 3. The number of anilines is 1. The van der Waals surface area contributed by atoms with Crippen molar-refractivity contribution in [2.75, 3.05) is 5.32 Å². The van der Waals surface area contributed by atoms with Crippen molar-refractivity contribution >= 4 is 28.9 Å². The SMILES string of the molecule is CC(C)CC(C)Nc1cc(Cl)nnc1Cl. The molecule has 1 atom stereocenters. The van der Waals surface area contributed by atoms with E-state index in [0.717, 1.165) is 12.1 Å². The van der Waals surface area contributed by atoms with Crippen LogP contribution in [-0.2, 0) is 0 Å². The number of aromatic nitrogens is 2. The highest BCUT2D eigenvalue weighted by Crippen LogP contribution is 2.22. The molecule has 5 heteroatoms. The monoisotopic (exact) mass is 247 g/mol. The van der Waals surface area contributed by atoms with Gasteiger partial charge in [0.1, 0.15) is 0 Å². The van der Waals surface area contributed by atoms with Crippen LogP contribution in [0.15, 0.2) is 6.07 Å². The van der Waals surface area contributed by atoms with E-state index in [4.69, 9.17) is 23.2 Å². The lowest BCUT2D eigenvalue weighted by molar-refractivity contribution is 0.539. The van der Waals surface area contributed by atoms with E-state index >= 15 is 0 Å². The lowest BCUT2D eigenvalue weighted by Gasteiger charge is -2.17. The van der Waals surface area contributed by atoms with E-state index in [2.05, 4.69) is 36.3 Å². The van der Waals surface area contributed by atoms with Gasteiger partial charge in [-0.25, -0.2) is 0 Å². The molecule has 3 nitrogen and oxygen atoms in total. The summed E-state index contributed by atoms with van der Waals surface area (Å²) in [5.74, 6) is 0.636. The Morgan fingerprint density at radius 3 is 2.53 bits per heavy atom. The summed E-state index contributed by atoms with van der Waals surface area (Å²) >= 11 is 11.6. The molecule has 1 N–H and O–H groups in total. The van der Waals surface area contributed by atoms with E-state index in [1.54, 1.807) is 6.07 Å². The first-order valence-electron chi connectivity index (χ1n) is 4.94. The van der Waals surface area contributed by atoms with Gasteiger partial charge in [0.25, 0.3) is 0 Å². The molecular formula is C10H15Cl2N3. The summed E-state index contributed by atoms with van der Waals surface area (Å²) < 4.78 is 0. The van der Waals surface area contributed by atoms with Crippen molar-refractivity contribution < 1.29 is 0 Å². The van der Waals surface area contributed by atoms with Crippen LogP contribution in [0.4, 0.5) is 5.69 Å². The third-order valence-corrected chi connectivity index (χ3v) is 2.41.